The van der Waals surface area contributed by atoms with E-state index < -0.39 is 0 Å². The summed E-state index contributed by atoms with van der Waals surface area (Å²) in [5, 5.41) is 8.87. The normalized spacial score (nSPS) is 10.1. The van der Waals surface area contributed by atoms with Crippen molar-refractivity contribution in [3.8, 4) is 0 Å². The first-order valence-corrected chi connectivity index (χ1v) is 12.8. The summed E-state index contributed by atoms with van der Waals surface area (Å²) < 4.78 is 0. The van der Waals surface area contributed by atoms with Crippen molar-refractivity contribution < 1.29 is 24.0 Å². The molecule has 0 heterocycles. The van der Waals surface area contributed by atoms with Crippen LogP contribution in [0, 0.1) is 0 Å². The average molecular weight is 503 g/mol. The molecule has 0 bridgehead atoms. The summed E-state index contributed by atoms with van der Waals surface area (Å²) in [5.41, 5.74) is 8.28. The molecule has 186 valence electrons. The maximum atomic E-state index is 12.6. The highest BCUT2D eigenvalue weighted by Gasteiger charge is 2.14. The fourth-order valence-corrected chi connectivity index (χ4v) is 3.76. The zero-order valence-electron chi connectivity index (χ0n) is 19.3. The second-order valence-corrected chi connectivity index (χ2v) is 9.57. The number of azide groups is 1. The lowest BCUT2D eigenvalue weighted by molar-refractivity contribution is -0.132. The largest absolute Gasteiger partial charge is 0.354 e. The van der Waals surface area contributed by atoms with E-state index >= 15 is 0 Å². The molecule has 0 radical (unpaired) electrons. The molecule has 0 aliphatic rings. The van der Waals surface area contributed by atoms with E-state index in [9.17, 15) is 24.0 Å². The van der Waals surface area contributed by atoms with Crippen LogP contribution >= 0.6 is 23.5 Å². The summed E-state index contributed by atoms with van der Waals surface area (Å²) >= 11 is 2.18. The first kappa shape index (κ1) is 30.8. The summed E-state index contributed by atoms with van der Waals surface area (Å²) in [6, 6.07) is 0. The number of nitrogens with one attached hydrogen (secondary N) is 2. The van der Waals surface area contributed by atoms with E-state index in [0.29, 0.717) is 50.4 Å². The predicted octanol–water partition coefficient (Wildman–Crippen LogP) is 2.26. The van der Waals surface area contributed by atoms with Crippen molar-refractivity contribution in [2.24, 2.45) is 5.11 Å². The molecule has 0 aromatic carbocycles. The van der Waals surface area contributed by atoms with Crippen molar-refractivity contribution in [1.82, 2.24) is 15.5 Å². The third-order valence-corrected chi connectivity index (χ3v) is 5.87. The van der Waals surface area contributed by atoms with Gasteiger partial charge in [-0.15, -0.1) is 0 Å². The van der Waals surface area contributed by atoms with Gasteiger partial charge in [0.15, 0.2) is 10.2 Å². The van der Waals surface area contributed by atoms with Gasteiger partial charge in [-0.3, -0.25) is 24.0 Å². The minimum Gasteiger partial charge on any atom is -0.354 e. The Hall–Kier alpha value is -2.24. The minimum absolute atomic E-state index is 0.0408. The number of carbonyl (C=O) groups is 5. The molecule has 3 amide bonds. The molecule has 0 aromatic heterocycles. The molecule has 0 unspecified atom stereocenters. The lowest BCUT2D eigenvalue weighted by atomic mass is 10.2. The van der Waals surface area contributed by atoms with Gasteiger partial charge in [-0.2, -0.15) is 0 Å². The Bertz CT molecular complexity index is 662. The zero-order chi connectivity index (χ0) is 24.9. The van der Waals surface area contributed by atoms with E-state index in [1.54, 1.807) is 4.90 Å². The molecule has 0 fully saturated rings. The van der Waals surface area contributed by atoms with Crippen LogP contribution in [0.25, 0.3) is 10.4 Å². The molecule has 33 heavy (non-hydrogen) atoms. The molecule has 11 nitrogen and oxygen atoms in total. The molecule has 0 atom stereocenters. The van der Waals surface area contributed by atoms with Crippen LogP contribution in [0.3, 0.4) is 0 Å². The maximum absolute atomic E-state index is 12.6. The highest BCUT2D eigenvalue weighted by molar-refractivity contribution is 8.13. The monoisotopic (exact) mass is 502 g/mol. The average Bonchev–Trinajstić information content (AvgIpc) is 2.74. The van der Waals surface area contributed by atoms with Gasteiger partial charge in [-0.25, -0.2) is 0 Å². The van der Waals surface area contributed by atoms with Crippen LogP contribution in [-0.2, 0) is 24.0 Å². The van der Waals surface area contributed by atoms with Crippen LogP contribution in [-0.4, -0.2) is 77.1 Å². The second kappa shape index (κ2) is 20.4. The Labute approximate surface area is 203 Å². The Kier molecular flexibility index (Phi) is 19.0. The fraction of sp³-hybridized carbons (Fsp3) is 0.750. The third-order valence-electron chi connectivity index (χ3n) is 4.24. The molecular weight excluding hydrogens is 468 g/mol. The number of nitrogens with zero attached hydrogens (tertiary/aromatic N) is 4. The highest BCUT2D eigenvalue weighted by Crippen LogP contribution is 2.05. The number of thioether (sulfide) groups is 2. The molecule has 0 rings (SSSR count). The first-order valence-electron chi connectivity index (χ1n) is 10.8. The van der Waals surface area contributed by atoms with Crippen molar-refractivity contribution >= 4 is 51.5 Å². The topological polar surface area (TPSA) is 161 Å². The van der Waals surface area contributed by atoms with Crippen molar-refractivity contribution in [1.29, 1.82) is 0 Å². The quantitative estimate of drug-likeness (QED) is 0.126. The maximum Gasteiger partial charge on any atom is 0.222 e. The third kappa shape index (κ3) is 20.1. The Morgan fingerprint density at radius 3 is 1.79 bits per heavy atom. The van der Waals surface area contributed by atoms with Gasteiger partial charge < -0.3 is 15.5 Å². The summed E-state index contributed by atoms with van der Waals surface area (Å²) in [5.74, 6) is 0.360. The lowest BCUT2D eigenvalue weighted by Gasteiger charge is -2.23. The lowest BCUT2D eigenvalue weighted by Crippen LogP contribution is -2.42. The standard InChI is InChI=1S/C20H34N6O5S2/c1-16(27)32-14-7-18(29)22-10-12-26(20(31)6-4-3-5-9-24-25-21)13-11-23-19(30)8-15-33-17(2)28/h3-15H2,1-2H3,(H,22,29)(H,23,30). The van der Waals surface area contributed by atoms with Crippen LogP contribution in [0.5, 0.6) is 0 Å². The Balaban J connectivity index is 4.46. The van der Waals surface area contributed by atoms with Gasteiger partial charge in [0.2, 0.25) is 17.7 Å². The van der Waals surface area contributed by atoms with Crippen molar-refractivity contribution in [2.45, 2.75) is 52.4 Å². The van der Waals surface area contributed by atoms with Gasteiger partial charge in [-0.1, -0.05) is 35.1 Å². The minimum atomic E-state index is -0.189. The summed E-state index contributed by atoms with van der Waals surface area (Å²) in [6.45, 7) is 4.45. The fourth-order valence-electron chi connectivity index (χ4n) is 2.61. The summed E-state index contributed by atoms with van der Waals surface area (Å²) in [4.78, 5) is 62.5. The first-order chi connectivity index (χ1) is 15.8. The molecule has 0 saturated heterocycles. The van der Waals surface area contributed by atoms with Gasteiger partial charge in [0.25, 0.3) is 0 Å². The zero-order valence-corrected chi connectivity index (χ0v) is 21.0. The van der Waals surface area contributed by atoms with Crippen LogP contribution in [0.1, 0.15) is 52.4 Å². The van der Waals surface area contributed by atoms with E-state index in [-0.39, 0.29) is 53.9 Å². The number of amides is 3. The van der Waals surface area contributed by atoms with Crippen LogP contribution < -0.4 is 10.6 Å². The molecule has 13 heteroatoms. The number of hydrogen-bond acceptors (Lipinski definition) is 8. The van der Waals surface area contributed by atoms with Crippen molar-refractivity contribution in [3.63, 3.8) is 0 Å². The summed E-state index contributed by atoms with van der Waals surface area (Å²) in [6.07, 6.45) is 2.88. The Morgan fingerprint density at radius 1 is 0.818 bits per heavy atom. The highest BCUT2D eigenvalue weighted by atomic mass is 32.2. The predicted molar refractivity (Wildman–Crippen MR) is 131 cm³/mol. The van der Waals surface area contributed by atoms with Crippen LogP contribution in [0.2, 0.25) is 0 Å². The molecule has 2 N–H and O–H groups in total. The molecular formula is C20H34N6O5S2. The molecule has 0 saturated carbocycles. The second-order valence-electron chi connectivity index (χ2n) is 7.03. The van der Waals surface area contributed by atoms with E-state index in [2.05, 4.69) is 20.7 Å². The number of hydrogen-bond donors (Lipinski definition) is 2. The van der Waals surface area contributed by atoms with E-state index in [4.69, 9.17) is 5.53 Å². The van der Waals surface area contributed by atoms with Gasteiger partial charge in [0.1, 0.15) is 0 Å². The van der Waals surface area contributed by atoms with E-state index in [1.165, 1.54) is 13.8 Å². The van der Waals surface area contributed by atoms with E-state index in [1.807, 2.05) is 0 Å². The number of rotatable bonds is 18. The Morgan fingerprint density at radius 2 is 1.33 bits per heavy atom. The van der Waals surface area contributed by atoms with E-state index in [0.717, 1.165) is 29.9 Å². The SMILES string of the molecule is CC(=O)SCCC(=O)NCCN(CCNC(=O)CCSC(C)=O)C(=O)CCCCCN=[N+]=[N-]. The van der Waals surface area contributed by atoms with Gasteiger partial charge >= 0.3 is 0 Å². The number of unbranched alkanes of at least 4 members (excludes halogenated alkanes) is 2. The van der Waals surface area contributed by atoms with Gasteiger partial charge in [-0.05, 0) is 18.4 Å². The van der Waals surface area contributed by atoms with Gasteiger partial charge in [0, 0.05) is 82.3 Å². The van der Waals surface area contributed by atoms with Gasteiger partial charge in [0.05, 0.1) is 0 Å². The molecule has 0 aliphatic carbocycles. The molecule has 0 spiro atoms. The smallest absolute Gasteiger partial charge is 0.222 e. The van der Waals surface area contributed by atoms with Crippen molar-refractivity contribution in [2.75, 3.05) is 44.2 Å². The summed E-state index contributed by atoms with van der Waals surface area (Å²) in [7, 11) is 0. The molecule has 0 aliphatic heterocycles. The number of carbonyl (C=O) groups excluding carboxylic acids is 5. The molecule has 0 aromatic rings. The van der Waals surface area contributed by atoms with Crippen molar-refractivity contribution in [3.05, 3.63) is 10.4 Å². The van der Waals surface area contributed by atoms with Crippen LogP contribution in [0.15, 0.2) is 5.11 Å². The van der Waals surface area contributed by atoms with Crippen LogP contribution in [0.4, 0.5) is 0 Å².